The van der Waals surface area contributed by atoms with E-state index in [-0.39, 0.29) is 17.8 Å². The molecule has 1 aliphatic carbocycles. The van der Waals surface area contributed by atoms with Crippen LogP contribution < -0.4 is 5.73 Å². The molecule has 1 aliphatic rings. The highest BCUT2D eigenvalue weighted by Crippen LogP contribution is 2.40. The van der Waals surface area contributed by atoms with Crippen LogP contribution in [0, 0.1) is 5.82 Å². The molecule has 0 heterocycles. The molecule has 0 radical (unpaired) electrons. The SMILES string of the molecule is NC1CC1c1ccc(Cl)cc1F. The molecule has 0 amide bonds. The van der Waals surface area contributed by atoms with Crippen LogP contribution in [0.15, 0.2) is 18.2 Å². The van der Waals surface area contributed by atoms with Crippen molar-refractivity contribution < 1.29 is 4.39 Å². The average molecular weight is 186 g/mol. The molecule has 1 aromatic rings. The lowest BCUT2D eigenvalue weighted by Crippen LogP contribution is -2.02. The Morgan fingerprint density at radius 2 is 2.17 bits per heavy atom. The second-order valence-corrected chi connectivity index (χ2v) is 3.61. The largest absolute Gasteiger partial charge is 0.327 e. The molecule has 1 fully saturated rings. The van der Waals surface area contributed by atoms with E-state index in [0.29, 0.717) is 10.6 Å². The number of nitrogens with two attached hydrogens (primary N) is 1. The molecule has 2 rings (SSSR count). The minimum atomic E-state index is -0.236. The summed E-state index contributed by atoms with van der Waals surface area (Å²) >= 11 is 5.61. The van der Waals surface area contributed by atoms with E-state index in [9.17, 15) is 4.39 Å². The number of hydrogen-bond acceptors (Lipinski definition) is 1. The van der Waals surface area contributed by atoms with Crippen molar-refractivity contribution in [3.63, 3.8) is 0 Å². The Balaban J connectivity index is 2.33. The molecule has 0 bridgehead atoms. The van der Waals surface area contributed by atoms with Gasteiger partial charge in [0, 0.05) is 17.0 Å². The molecule has 2 N–H and O–H groups in total. The minimum Gasteiger partial charge on any atom is -0.327 e. The monoisotopic (exact) mass is 185 g/mol. The molecule has 0 aromatic heterocycles. The first kappa shape index (κ1) is 8.02. The van der Waals surface area contributed by atoms with Gasteiger partial charge in [-0.3, -0.25) is 0 Å². The van der Waals surface area contributed by atoms with Crippen LogP contribution in [0.25, 0.3) is 0 Å². The first-order valence-electron chi connectivity index (χ1n) is 3.89. The molecular formula is C9H9ClFN. The van der Waals surface area contributed by atoms with Crippen LogP contribution in [0.5, 0.6) is 0 Å². The number of hydrogen-bond donors (Lipinski definition) is 1. The zero-order chi connectivity index (χ0) is 8.72. The van der Waals surface area contributed by atoms with Gasteiger partial charge in [0.05, 0.1) is 0 Å². The van der Waals surface area contributed by atoms with E-state index in [4.69, 9.17) is 17.3 Å². The van der Waals surface area contributed by atoms with Gasteiger partial charge in [0.1, 0.15) is 5.82 Å². The van der Waals surface area contributed by atoms with Crippen molar-refractivity contribution in [3.05, 3.63) is 34.6 Å². The Bertz CT molecular complexity index is 313. The fourth-order valence-corrected chi connectivity index (χ4v) is 1.53. The van der Waals surface area contributed by atoms with Crippen molar-refractivity contribution in [2.45, 2.75) is 18.4 Å². The summed E-state index contributed by atoms with van der Waals surface area (Å²) in [7, 11) is 0. The summed E-state index contributed by atoms with van der Waals surface area (Å²) in [5, 5.41) is 0.436. The van der Waals surface area contributed by atoms with Gasteiger partial charge >= 0.3 is 0 Å². The van der Waals surface area contributed by atoms with E-state index < -0.39 is 0 Å². The average Bonchev–Trinajstić information content (AvgIpc) is 2.66. The Morgan fingerprint density at radius 1 is 1.50 bits per heavy atom. The molecule has 64 valence electrons. The van der Waals surface area contributed by atoms with E-state index in [1.165, 1.54) is 6.07 Å². The topological polar surface area (TPSA) is 26.0 Å². The molecule has 12 heavy (non-hydrogen) atoms. The summed E-state index contributed by atoms with van der Waals surface area (Å²) in [6.07, 6.45) is 0.887. The van der Waals surface area contributed by atoms with Crippen molar-refractivity contribution in [3.8, 4) is 0 Å². The van der Waals surface area contributed by atoms with Crippen molar-refractivity contribution in [1.29, 1.82) is 0 Å². The summed E-state index contributed by atoms with van der Waals surface area (Å²) in [6.45, 7) is 0. The predicted octanol–water partition coefficient (Wildman–Crippen LogP) is 2.29. The maximum Gasteiger partial charge on any atom is 0.128 e. The second-order valence-electron chi connectivity index (χ2n) is 3.17. The van der Waals surface area contributed by atoms with Gasteiger partial charge in [-0.25, -0.2) is 4.39 Å². The van der Waals surface area contributed by atoms with Crippen LogP contribution in [0.2, 0.25) is 5.02 Å². The van der Waals surface area contributed by atoms with Crippen molar-refractivity contribution in [1.82, 2.24) is 0 Å². The molecule has 1 nitrogen and oxygen atoms in total. The maximum absolute atomic E-state index is 13.2. The molecule has 3 heteroatoms. The van der Waals surface area contributed by atoms with Gasteiger partial charge in [0.15, 0.2) is 0 Å². The maximum atomic E-state index is 13.2. The fourth-order valence-electron chi connectivity index (χ4n) is 1.37. The van der Waals surface area contributed by atoms with Crippen LogP contribution in [0.1, 0.15) is 17.9 Å². The predicted molar refractivity (Wildman–Crippen MR) is 46.7 cm³/mol. The highest BCUT2D eigenvalue weighted by molar-refractivity contribution is 6.30. The van der Waals surface area contributed by atoms with Crippen LogP contribution in [0.4, 0.5) is 4.39 Å². The quantitative estimate of drug-likeness (QED) is 0.714. The summed E-state index contributed by atoms with van der Waals surface area (Å²) in [6, 6.07) is 4.89. The lowest BCUT2D eigenvalue weighted by atomic mass is 10.1. The zero-order valence-electron chi connectivity index (χ0n) is 6.43. The minimum absolute atomic E-state index is 0.140. The molecule has 0 saturated heterocycles. The van der Waals surface area contributed by atoms with Crippen LogP contribution in [0.3, 0.4) is 0 Å². The third-order valence-corrected chi connectivity index (χ3v) is 2.44. The normalized spacial score (nSPS) is 27.2. The first-order valence-corrected chi connectivity index (χ1v) is 4.27. The van der Waals surface area contributed by atoms with Crippen LogP contribution >= 0.6 is 11.6 Å². The number of halogens is 2. The van der Waals surface area contributed by atoms with Gasteiger partial charge in [-0.15, -0.1) is 0 Å². The summed E-state index contributed by atoms with van der Waals surface area (Å²) < 4.78 is 13.2. The third kappa shape index (κ3) is 1.32. The van der Waals surface area contributed by atoms with E-state index in [0.717, 1.165) is 6.42 Å². The molecular weight excluding hydrogens is 177 g/mol. The van der Waals surface area contributed by atoms with E-state index >= 15 is 0 Å². The molecule has 0 spiro atoms. The molecule has 0 aliphatic heterocycles. The number of benzene rings is 1. The Hall–Kier alpha value is -0.600. The highest BCUT2D eigenvalue weighted by atomic mass is 35.5. The van der Waals surface area contributed by atoms with Gasteiger partial charge in [0.25, 0.3) is 0 Å². The lowest BCUT2D eigenvalue weighted by molar-refractivity contribution is 0.609. The summed E-state index contributed by atoms with van der Waals surface area (Å²) in [5.41, 5.74) is 6.31. The van der Waals surface area contributed by atoms with E-state index in [1.54, 1.807) is 12.1 Å². The summed E-state index contributed by atoms with van der Waals surface area (Å²) in [4.78, 5) is 0. The van der Waals surface area contributed by atoms with Gasteiger partial charge < -0.3 is 5.73 Å². The first-order chi connectivity index (χ1) is 5.68. The third-order valence-electron chi connectivity index (χ3n) is 2.20. The smallest absolute Gasteiger partial charge is 0.128 e. The van der Waals surface area contributed by atoms with Gasteiger partial charge in [-0.1, -0.05) is 17.7 Å². The van der Waals surface area contributed by atoms with Crippen LogP contribution in [-0.4, -0.2) is 6.04 Å². The van der Waals surface area contributed by atoms with Crippen molar-refractivity contribution in [2.75, 3.05) is 0 Å². The van der Waals surface area contributed by atoms with Crippen molar-refractivity contribution >= 4 is 11.6 Å². The van der Waals surface area contributed by atoms with Gasteiger partial charge in [-0.2, -0.15) is 0 Å². The summed E-state index contributed by atoms with van der Waals surface area (Å²) in [5.74, 6) is -0.0253. The standard InChI is InChI=1S/C9H9ClFN/c10-5-1-2-6(8(11)3-5)7-4-9(7)12/h1-3,7,9H,4,12H2. The lowest BCUT2D eigenvalue weighted by Gasteiger charge is -2.00. The molecule has 1 saturated carbocycles. The Labute approximate surface area is 75.3 Å². The highest BCUT2D eigenvalue weighted by Gasteiger charge is 2.36. The van der Waals surface area contributed by atoms with Gasteiger partial charge in [-0.05, 0) is 24.1 Å². The Morgan fingerprint density at radius 3 is 2.67 bits per heavy atom. The second kappa shape index (κ2) is 2.71. The number of rotatable bonds is 1. The van der Waals surface area contributed by atoms with E-state index in [1.807, 2.05) is 0 Å². The Kier molecular flexibility index (Phi) is 1.81. The molecule has 2 atom stereocenters. The van der Waals surface area contributed by atoms with E-state index in [2.05, 4.69) is 0 Å². The van der Waals surface area contributed by atoms with Gasteiger partial charge in [0.2, 0.25) is 0 Å². The molecule has 1 aromatic carbocycles. The van der Waals surface area contributed by atoms with Crippen LogP contribution in [-0.2, 0) is 0 Å². The fraction of sp³-hybridized carbons (Fsp3) is 0.333. The van der Waals surface area contributed by atoms with Crippen molar-refractivity contribution in [2.24, 2.45) is 5.73 Å². The molecule has 2 unspecified atom stereocenters. The zero-order valence-corrected chi connectivity index (χ0v) is 7.18.